The highest BCUT2D eigenvalue weighted by atomic mass is 79.9. The molecule has 0 saturated heterocycles. The van der Waals surface area contributed by atoms with Crippen LogP contribution in [0.2, 0.25) is 0 Å². The van der Waals surface area contributed by atoms with Crippen molar-refractivity contribution in [2.45, 2.75) is 18.7 Å². The molecule has 1 aromatic rings. The fourth-order valence-corrected chi connectivity index (χ4v) is 2.51. The summed E-state index contributed by atoms with van der Waals surface area (Å²) in [5.74, 6) is -1.02. The molecule has 0 amide bonds. The minimum atomic E-state index is -0.726. The third kappa shape index (κ3) is 3.70. The minimum absolute atomic E-state index is 0.0596. The van der Waals surface area contributed by atoms with Crippen LogP contribution < -0.4 is 0 Å². The molecular formula is C15H13BrN2O5. The van der Waals surface area contributed by atoms with Crippen molar-refractivity contribution in [3.8, 4) is 0 Å². The van der Waals surface area contributed by atoms with E-state index < -0.39 is 15.7 Å². The molecule has 0 spiro atoms. The molecule has 1 aromatic carbocycles. The lowest BCUT2D eigenvalue weighted by Crippen LogP contribution is -2.33. The van der Waals surface area contributed by atoms with Crippen molar-refractivity contribution in [3.63, 3.8) is 0 Å². The van der Waals surface area contributed by atoms with Gasteiger partial charge in [0.05, 0.1) is 21.0 Å². The maximum atomic E-state index is 11.9. The van der Waals surface area contributed by atoms with Crippen LogP contribution in [0.1, 0.15) is 24.2 Å². The predicted octanol–water partition coefficient (Wildman–Crippen LogP) is 3.04. The quantitative estimate of drug-likeness (QED) is 0.347. The first-order chi connectivity index (χ1) is 10.8. The maximum Gasteiger partial charge on any atom is 0.365 e. The summed E-state index contributed by atoms with van der Waals surface area (Å²) in [5, 5.41) is 14.4. The number of alkyl halides is 1. The number of non-ortho nitro benzene ring substituents is 1. The summed E-state index contributed by atoms with van der Waals surface area (Å²) in [4.78, 5) is 38.1. The lowest BCUT2D eigenvalue weighted by molar-refractivity contribution is -0.384. The highest BCUT2D eigenvalue weighted by Gasteiger charge is 2.31. The van der Waals surface area contributed by atoms with Gasteiger partial charge in [-0.1, -0.05) is 28.0 Å². The number of nitro benzene ring substituents is 1. The molecule has 0 aliphatic heterocycles. The van der Waals surface area contributed by atoms with Gasteiger partial charge in [0.15, 0.2) is 5.78 Å². The summed E-state index contributed by atoms with van der Waals surface area (Å²) in [6.45, 7) is 3.51. The molecule has 1 aliphatic carbocycles. The molecule has 2 atom stereocenters. The van der Waals surface area contributed by atoms with Crippen molar-refractivity contribution in [1.82, 2.24) is 0 Å². The zero-order valence-electron chi connectivity index (χ0n) is 12.4. The molecule has 120 valence electrons. The van der Waals surface area contributed by atoms with E-state index in [9.17, 15) is 19.7 Å². The van der Waals surface area contributed by atoms with Gasteiger partial charge >= 0.3 is 5.97 Å². The van der Waals surface area contributed by atoms with Crippen molar-refractivity contribution in [2.75, 3.05) is 0 Å². The number of nitrogens with zero attached hydrogens (tertiary/aromatic N) is 2. The first-order valence-electron chi connectivity index (χ1n) is 6.71. The summed E-state index contributed by atoms with van der Waals surface area (Å²) >= 11 is 3.28. The maximum absolute atomic E-state index is 11.9. The average molecular weight is 381 g/mol. The van der Waals surface area contributed by atoms with E-state index in [1.54, 1.807) is 13.8 Å². The van der Waals surface area contributed by atoms with Crippen LogP contribution in [-0.4, -0.2) is 27.2 Å². The molecule has 0 aromatic heterocycles. The smallest absolute Gasteiger partial charge is 0.313 e. The van der Waals surface area contributed by atoms with Crippen LogP contribution in [-0.2, 0) is 9.63 Å². The summed E-state index contributed by atoms with van der Waals surface area (Å²) in [7, 11) is 0. The van der Waals surface area contributed by atoms with Crippen molar-refractivity contribution >= 4 is 39.1 Å². The Labute approximate surface area is 140 Å². The predicted molar refractivity (Wildman–Crippen MR) is 86.6 cm³/mol. The molecule has 2 unspecified atom stereocenters. The van der Waals surface area contributed by atoms with E-state index in [4.69, 9.17) is 4.84 Å². The number of rotatable bonds is 3. The fourth-order valence-electron chi connectivity index (χ4n) is 2.13. The number of oxime groups is 1. The molecule has 2 rings (SSSR count). The van der Waals surface area contributed by atoms with Gasteiger partial charge in [0.2, 0.25) is 0 Å². The number of ketones is 1. The highest BCUT2D eigenvalue weighted by Crippen LogP contribution is 2.25. The van der Waals surface area contributed by atoms with Gasteiger partial charge in [0.1, 0.15) is 0 Å². The molecule has 1 aliphatic rings. The van der Waals surface area contributed by atoms with E-state index in [-0.39, 0.29) is 23.0 Å². The molecular weight excluding hydrogens is 368 g/mol. The first-order valence-corrected chi connectivity index (χ1v) is 7.63. The Morgan fingerprint density at radius 3 is 2.52 bits per heavy atom. The van der Waals surface area contributed by atoms with Crippen LogP contribution in [0.5, 0.6) is 0 Å². The fraction of sp³-hybridized carbons (Fsp3) is 0.267. The molecule has 0 radical (unpaired) electrons. The lowest BCUT2D eigenvalue weighted by Gasteiger charge is -2.22. The largest absolute Gasteiger partial charge is 0.365 e. The normalized spacial score (nSPS) is 22.7. The van der Waals surface area contributed by atoms with Crippen molar-refractivity contribution < 1.29 is 19.3 Å². The SMILES string of the molecule is CC1=CC(=O)C(Br)C(C)/C1=N\OC(=O)c1ccc([N+](=O)[O-])cc1. The van der Waals surface area contributed by atoms with E-state index in [0.717, 1.165) is 0 Å². The number of benzene rings is 1. The van der Waals surface area contributed by atoms with E-state index >= 15 is 0 Å². The Hall–Kier alpha value is -2.35. The molecule has 23 heavy (non-hydrogen) atoms. The second-order valence-corrected chi connectivity index (χ2v) is 6.07. The number of hydrogen-bond acceptors (Lipinski definition) is 6. The summed E-state index contributed by atoms with van der Waals surface area (Å²) < 4.78 is 0. The zero-order valence-corrected chi connectivity index (χ0v) is 13.9. The van der Waals surface area contributed by atoms with Crippen LogP contribution in [0.15, 0.2) is 41.1 Å². The van der Waals surface area contributed by atoms with Crippen molar-refractivity contribution in [2.24, 2.45) is 11.1 Å². The van der Waals surface area contributed by atoms with Crippen LogP contribution in [0.3, 0.4) is 0 Å². The van der Waals surface area contributed by atoms with Crippen molar-refractivity contribution in [3.05, 3.63) is 51.6 Å². The number of halogens is 1. The van der Waals surface area contributed by atoms with Gasteiger partial charge in [-0.15, -0.1) is 0 Å². The number of nitro groups is 1. The summed E-state index contributed by atoms with van der Waals surface area (Å²) in [5.41, 5.74) is 1.17. The molecule has 0 fully saturated rings. The molecule has 7 nitrogen and oxygen atoms in total. The second-order valence-electron chi connectivity index (χ2n) is 5.08. The Bertz CT molecular complexity index is 724. The van der Waals surface area contributed by atoms with E-state index in [0.29, 0.717) is 11.3 Å². The first kappa shape index (κ1) is 17.0. The monoisotopic (exact) mass is 380 g/mol. The number of hydrogen-bond donors (Lipinski definition) is 0. The standard InChI is InChI=1S/C15H13BrN2O5/c1-8-7-12(19)13(16)9(2)14(8)17-23-15(20)10-3-5-11(6-4-10)18(21)22/h3-7,9,13H,1-2H3/b17-14-. The third-order valence-electron chi connectivity index (χ3n) is 3.45. The zero-order chi connectivity index (χ0) is 17.1. The Morgan fingerprint density at radius 1 is 1.35 bits per heavy atom. The minimum Gasteiger partial charge on any atom is -0.313 e. The third-order valence-corrected chi connectivity index (χ3v) is 4.69. The average Bonchev–Trinajstić information content (AvgIpc) is 2.52. The van der Waals surface area contributed by atoms with Crippen LogP contribution >= 0.6 is 15.9 Å². The van der Waals surface area contributed by atoms with E-state index in [1.165, 1.54) is 30.3 Å². The number of carbonyl (C=O) groups excluding carboxylic acids is 2. The topological polar surface area (TPSA) is 98.9 Å². The van der Waals surface area contributed by atoms with Crippen LogP contribution in [0.4, 0.5) is 5.69 Å². The molecule has 0 N–H and O–H groups in total. The Balaban J connectivity index is 2.15. The summed E-state index contributed by atoms with van der Waals surface area (Å²) in [6.07, 6.45) is 1.44. The second kappa shape index (κ2) is 6.82. The van der Waals surface area contributed by atoms with Gasteiger partial charge in [-0.3, -0.25) is 14.9 Å². The Kier molecular flexibility index (Phi) is 5.05. The van der Waals surface area contributed by atoms with Gasteiger partial charge < -0.3 is 4.84 Å². The van der Waals surface area contributed by atoms with Gasteiger partial charge in [-0.2, -0.15) is 0 Å². The van der Waals surface area contributed by atoms with Gasteiger partial charge in [0, 0.05) is 18.1 Å². The van der Waals surface area contributed by atoms with Gasteiger partial charge in [-0.05, 0) is 30.7 Å². The molecule has 0 heterocycles. The van der Waals surface area contributed by atoms with Crippen LogP contribution in [0, 0.1) is 16.0 Å². The molecule has 0 saturated carbocycles. The van der Waals surface area contributed by atoms with Gasteiger partial charge in [0.25, 0.3) is 5.69 Å². The van der Waals surface area contributed by atoms with E-state index in [2.05, 4.69) is 21.1 Å². The highest BCUT2D eigenvalue weighted by molar-refractivity contribution is 9.10. The van der Waals surface area contributed by atoms with Crippen LogP contribution in [0.25, 0.3) is 0 Å². The number of carbonyl (C=O) groups is 2. The molecule has 8 heteroatoms. The van der Waals surface area contributed by atoms with Crippen molar-refractivity contribution in [1.29, 1.82) is 0 Å². The van der Waals surface area contributed by atoms with Gasteiger partial charge in [-0.25, -0.2) is 4.79 Å². The number of allylic oxidation sites excluding steroid dienone is 2. The molecule has 0 bridgehead atoms. The Morgan fingerprint density at radius 2 is 1.96 bits per heavy atom. The summed E-state index contributed by atoms with van der Waals surface area (Å²) in [6, 6.07) is 5.02. The lowest BCUT2D eigenvalue weighted by atomic mass is 9.88. The van der Waals surface area contributed by atoms with E-state index in [1.807, 2.05) is 0 Å².